The molecule has 0 amide bonds. The van der Waals surface area contributed by atoms with Crippen LogP contribution in [0.15, 0.2) is 11.6 Å². The van der Waals surface area contributed by atoms with Crippen molar-refractivity contribution >= 4 is 5.97 Å². The molecule has 0 rings (SSSR count). The molecular weight excluding hydrogens is 206 g/mol. The summed E-state index contributed by atoms with van der Waals surface area (Å²) in [6.07, 6.45) is 3.02. The highest BCUT2D eigenvalue weighted by Crippen LogP contribution is 2.24. The molecule has 0 unspecified atom stereocenters. The quantitative estimate of drug-likeness (QED) is 0.550. The highest BCUT2D eigenvalue weighted by molar-refractivity contribution is 5.80. The zero-order chi connectivity index (χ0) is 12.6. The van der Waals surface area contributed by atoms with Gasteiger partial charge in [0.15, 0.2) is 0 Å². The van der Waals surface area contributed by atoms with E-state index in [9.17, 15) is 9.90 Å². The average Bonchev–Trinajstić information content (AvgIpc) is 2.24. The first-order valence-electron chi connectivity index (χ1n) is 5.71. The molecule has 0 aliphatic rings. The molecule has 0 aromatic rings. The second-order valence-corrected chi connectivity index (χ2v) is 4.30. The van der Waals surface area contributed by atoms with Crippen LogP contribution in [0.1, 0.15) is 33.6 Å². The molecule has 94 valence electrons. The van der Waals surface area contributed by atoms with Crippen LogP contribution < -0.4 is 5.32 Å². The Labute approximate surface area is 97.4 Å². The smallest absolute Gasteiger partial charge is 0.328 e. The first-order valence-corrected chi connectivity index (χ1v) is 5.71. The molecule has 0 aliphatic carbocycles. The highest BCUT2D eigenvalue weighted by Gasteiger charge is 2.24. The minimum Gasteiger partial charge on any atom is -0.478 e. The predicted molar refractivity (Wildman–Crippen MR) is 64.4 cm³/mol. The number of hydrogen-bond donors (Lipinski definition) is 3. The normalized spacial score (nSPS) is 12.9. The van der Waals surface area contributed by atoms with Crippen molar-refractivity contribution in [3.63, 3.8) is 0 Å². The third-order valence-corrected chi connectivity index (χ3v) is 3.11. The summed E-state index contributed by atoms with van der Waals surface area (Å²) in [6.45, 7) is 7.31. The fourth-order valence-corrected chi connectivity index (χ4v) is 1.57. The molecule has 0 saturated carbocycles. The summed E-state index contributed by atoms with van der Waals surface area (Å²) < 4.78 is 0. The van der Waals surface area contributed by atoms with Crippen molar-refractivity contribution in [2.45, 2.75) is 33.6 Å². The fraction of sp³-hybridized carbons (Fsp3) is 0.750. The minimum atomic E-state index is -0.918. The molecule has 4 heteroatoms. The van der Waals surface area contributed by atoms with E-state index in [-0.39, 0.29) is 12.0 Å². The number of rotatable bonds is 8. The Morgan fingerprint density at radius 1 is 1.38 bits per heavy atom. The Morgan fingerprint density at radius 3 is 2.31 bits per heavy atom. The van der Waals surface area contributed by atoms with Crippen molar-refractivity contribution < 1.29 is 15.0 Å². The van der Waals surface area contributed by atoms with Crippen LogP contribution in [0.4, 0.5) is 0 Å². The number of aliphatic carboxylic acids is 1. The number of carbonyl (C=O) groups is 1. The topological polar surface area (TPSA) is 69.6 Å². The summed E-state index contributed by atoms with van der Waals surface area (Å²) >= 11 is 0. The van der Waals surface area contributed by atoms with Crippen molar-refractivity contribution in [2.75, 3.05) is 19.7 Å². The van der Waals surface area contributed by atoms with Gasteiger partial charge in [-0.3, -0.25) is 0 Å². The van der Waals surface area contributed by atoms with Gasteiger partial charge in [0.25, 0.3) is 0 Å². The molecule has 0 atom stereocenters. The van der Waals surface area contributed by atoms with Crippen LogP contribution in [0.25, 0.3) is 0 Å². The monoisotopic (exact) mass is 229 g/mol. The molecular formula is C12H23NO3. The summed E-state index contributed by atoms with van der Waals surface area (Å²) in [4.78, 5) is 10.4. The predicted octanol–water partition coefficient (Wildman–Crippen LogP) is 1.41. The standard InChI is InChI=1S/C12H23NO3/c1-4-12(5-2,9-14)8-13-7-10(3)6-11(15)16/h6,13-14H,4-5,7-9H2,1-3H3,(H,15,16). The van der Waals surface area contributed by atoms with Crippen LogP contribution in [-0.4, -0.2) is 35.9 Å². The Kier molecular flexibility index (Phi) is 7.01. The van der Waals surface area contributed by atoms with Gasteiger partial charge in [0.2, 0.25) is 0 Å². The van der Waals surface area contributed by atoms with Gasteiger partial charge in [0.1, 0.15) is 0 Å². The first kappa shape index (κ1) is 15.1. The second-order valence-electron chi connectivity index (χ2n) is 4.30. The Morgan fingerprint density at radius 2 is 1.94 bits per heavy atom. The summed E-state index contributed by atoms with van der Waals surface area (Å²) in [6, 6.07) is 0. The van der Waals surface area contributed by atoms with E-state index in [0.717, 1.165) is 18.4 Å². The number of nitrogens with one attached hydrogen (secondary N) is 1. The molecule has 0 aromatic carbocycles. The number of aliphatic hydroxyl groups excluding tert-OH is 1. The van der Waals surface area contributed by atoms with Gasteiger partial charge in [-0.2, -0.15) is 0 Å². The van der Waals surface area contributed by atoms with Crippen molar-refractivity contribution in [2.24, 2.45) is 5.41 Å². The molecule has 0 bridgehead atoms. The van der Waals surface area contributed by atoms with E-state index < -0.39 is 5.97 Å². The van der Waals surface area contributed by atoms with Crippen molar-refractivity contribution in [3.05, 3.63) is 11.6 Å². The molecule has 16 heavy (non-hydrogen) atoms. The lowest BCUT2D eigenvalue weighted by molar-refractivity contribution is -0.131. The molecule has 0 heterocycles. The third-order valence-electron chi connectivity index (χ3n) is 3.11. The third kappa shape index (κ3) is 5.28. The van der Waals surface area contributed by atoms with Gasteiger partial charge in [-0.25, -0.2) is 4.79 Å². The van der Waals surface area contributed by atoms with Gasteiger partial charge in [0.05, 0.1) is 0 Å². The van der Waals surface area contributed by atoms with E-state index in [4.69, 9.17) is 5.11 Å². The molecule has 4 nitrogen and oxygen atoms in total. The second kappa shape index (κ2) is 7.41. The maximum Gasteiger partial charge on any atom is 0.328 e. The molecule has 0 saturated heterocycles. The van der Waals surface area contributed by atoms with Gasteiger partial charge >= 0.3 is 5.97 Å². The molecule has 0 spiro atoms. The van der Waals surface area contributed by atoms with E-state index in [0.29, 0.717) is 13.1 Å². The van der Waals surface area contributed by atoms with Crippen molar-refractivity contribution in [1.82, 2.24) is 5.32 Å². The van der Waals surface area contributed by atoms with Crippen LogP contribution in [0.3, 0.4) is 0 Å². The Hall–Kier alpha value is -0.870. The average molecular weight is 229 g/mol. The maximum absolute atomic E-state index is 10.4. The summed E-state index contributed by atoms with van der Waals surface area (Å²) in [5.74, 6) is -0.918. The SMILES string of the molecule is CCC(CC)(CO)CNCC(C)=CC(=O)O. The molecule has 0 aromatic heterocycles. The van der Waals surface area contributed by atoms with Crippen LogP contribution >= 0.6 is 0 Å². The van der Waals surface area contributed by atoms with Gasteiger partial charge in [0, 0.05) is 31.2 Å². The number of carboxylic acid groups (broad SMARTS) is 1. The van der Waals surface area contributed by atoms with E-state index in [1.54, 1.807) is 6.92 Å². The largest absolute Gasteiger partial charge is 0.478 e. The van der Waals surface area contributed by atoms with Gasteiger partial charge in [-0.1, -0.05) is 19.4 Å². The van der Waals surface area contributed by atoms with E-state index in [1.807, 2.05) is 0 Å². The zero-order valence-corrected chi connectivity index (χ0v) is 10.4. The summed E-state index contributed by atoms with van der Waals surface area (Å²) in [7, 11) is 0. The Balaban J connectivity index is 4.09. The van der Waals surface area contributed by atoms with Gasteiger partial charge in [-0.15, -0.1) is 0 Å². The fourth-order valence-electron chi connectivity index (χ4n) is 1.57. The van der Waals surface area contributed by atoms with Gasteiger partial charge < -0.3 is 15.5 Å². The van der Waals surface area contributed by atoms with E-state index in [2.05, 4.69) is 19.2 Å². The van der Waals surface area contributed by atoms with Crippen molar-refractivity contribution in [1.29, 1.82) is 0 Å². The number of aliphatic hydroxyl groups is 1. The summed E-state index contributed by atoms with van der Waals surface area (Å²) in [5, 5.41) is 21.1. The van der Waals surface area contributed by atoms with Gasteiger partial charge in [-0.05, 0) is 19.8 Å². The highest BCUT2D eigenvalue weighted by atomic mass is 16.4. The van der Waals surface area contributed by atoms with Crippen LogP contribution in [0, 0.1) is 5.41 Å². The zero-order valence-electron chi connectivity index (χ0n) is 10.4. The van der Waals surface area contributed by atoms with Crippen molar-refractivity contribution in [3.8, 4) is 0 Å². The number of carboxylic acids is 1. The lowest BCUT2D eigenvalue weighted by atomic mass is 9.83. The summed E-state index contributed by atoms with van der Waals surface area (Å²) in [5.41, 5.74) is 0.704. The Bertz CT molecular complexity index is 236. The van der Waals surface area contributed by atoms with Crippen LogP contribution in [-0.2, 0) is 4.79 Å². The number of hydrogen-bond acceptors (Lipinski definition) is 3. The lowest BCUT2D eigenvalue weighted by Gasteiger charge is -2.29. The molecule has 0 radical (unpaired) electrons. The van der Waals surface area contributed by atoms with E-state index >= 15 is 0 Å². The van der Waals surface area contributed by atoms with Crippen LogP contribution in [0.5, 0.6) is 0 Å². The van der Waals surface area contributed by atoms with Crippen LogP contribution in [0.2, 0.25) is 0 Å². The van der Waals surface area contributed by atoms with E-state index in [1.165, 1.54) is 6.08 Å². The molecule has 3 N–H and O–H groups in total. The maximum atomic E-state index is 10.4. The minimum absolute atomic E-state index is 0.0799. The molecule has 0 aliphatic heterocycles. The first-order chi connectivity index (χ1) is 7.49. The molecule has 0 fully saturated rings. The lowest BCUT2D eigenvalue weighted by Crippen LogP contribution is -2.37.